The normalized spacial score (nSPS) is 35.9. The summed E-state index contributed by atoms with van der Waals surface area (Å²) >= 11 is 1.82. The lowest BCUT2D eigenvalue weighted by Gasteiger charge is -2.28. The molecule has 0 radical (unpaired) electrons. The van der Waals surface area contributed by atoms with E-state index in [2.05, 4.69) is 22.6 Å². The van der Waals surface area contributed by atoms with Gasteiger partial charge in [0.05, 0.1) is 5.54 Å². The molecule has 0 saturated heterocycles. The van der Waals surface area contributed by atoms with E-state index in [1.54, 1.807) is 0 Å². The van der Waals surface area contributed by atoms with Gasteiger partial charge in [-0.15, -0.1) is 11.3 Å². The molecule has 0 aliphatic heterocycles. The van der Waals surface area contributed by atoms with Crippen LogP contribution in [0.2, 0.25) is 0 Å². The summed E-state index contributed by atoms with van der Waals surface area (Å²) in [6, 6.07) is 0.777. The molecule has 2 saturated carbocycles. The molecule has 1 aromatic heterocycles. The summed E-state index contributed by atoms with van der Waals surface area (Å²) in [5.41, 5.74) is 0.231. The number of thiazole rings is 1. The predicted octanol–water partition coefficient (Wildman–Crippen LogP) is 2.91. The van der Waals surface area contributed by atoms with Crippen molar-refractivity contribution in [1.82, 2.24) is 10.3 Å². The predicted molar refractivity (Wildman–Crippen MR) is 63.0 cm³/mol. The molecule has 2 unspecified atom stereocenters. The molecule has 0 amide bonds. The van der Waals surface area contributed by atoms with Gasteiger partial charge >= 0.3 is 0 Å². The quantitative estimate of drug-likeness (QED) is 0.850. The Labute approximate surface area is 95.1 Å². The Kier molecular flexibility index (Phi) is 2.33. The lowest BCUT2D eigenvalue weighted by Crippen LogP contribution is -2.41. The van der Waals surface area contributed by atoms with E-state index in [1.807, 2.05) is 17.5 Å². The summed E-state index contributed by atoms with van der Waals surface area (Å²) < 4.78 is 0. The standard InChI is InChI=1S/C12H18N2S/c1-9-4-5-12(8-9,14-10-2-3-10)11-13-6-7-15-11/h6-7,9-10,14H,2-5,8H2,1H3. The Morgan fingerprint density at radius 1 is 1.47 bits per heavy atom. The maximum atomic E-state index is 4.54. The topological polar surface area (TPSA) is 24.9 Å². The van der Waals surface area contributed by atoms with E-state index in [-0.39, 0.29) is 5.54 Å². The van der Waals surface area contributed by atoms with Gasteiger partial charge in [0.25, 0.3) is 0 Å². The van der Waals surface area contributed by atoms with Crippen LogP contribution < -0.4 is 5.32 Å². The second-order valence-corrected chi connectivity index (χ2v) is 6.08. The largest absolute Gasteiger partial charge is 0.303 e. The zero-order valence-electron chi connectivity index (χ0n) is 9.20. The zero-order valence-corrected chi connectivity index (χ0v) is 10.0. The number of hydrogen-bond acceptors (Lipinski definition) is 3. The van der Waals surface area contributed by atoms with Crippen molar-refractivity contribution >= 4 is 11.3 Å². The Morgan fingerprint density at radius 2 is 2.33 bits per heavy atom. The fourth-order valence-corrected chi connectivity index (χ4v) is 3.60. The first-order valence-electron chi connectivity index (χ1n) is 5.96. The third kappa shape index (κ3) is 1.83. The molecular weight excluding hydrogens is 204 g/mol. The van der Waals surface area contributed by atoms with Crippen molar-refractivity contribution in [1.29, 1.82) is 0 Å². The summed E-state index contributed by atoms with van der Waals surface area (Å²) in [5, 5.41) is 7.27. The minimum Gasteiger partial charge on any atom is -0.303 e. The van der Waals surface area contributed by atoms with Crippen molar-refractivity contribution in [3.8, 4) is 0 Å². The maximum Gasteiger partial charge on any atom is 0.113 e. The van der Waals surface area contributed by atoms with Crippen molar-refractivity contribution in [2.24, 2.45) is 5.92 Å². The van der Waals surface area contributed by atoms with Crippen LogP contribution in [0.15, 0.2) is 11.6 Å². The highest BCUT2D eigenvalue weighted by molar-refractivity contribution is 7.09. The van der Waals surface area contributed by atoms with Crippen LogP contribution in [0, 0.1) is 5.92 Å². The van der Waals surface area contributed by atoms with Crippen LogP contribution in [0.5, 0.6) is 0 Å². The maximum absolute atomic E-state index is 4.54. The number of nitrogens with one attached hydrogen (secondary N) is 1. The van der Waals surface area contributed by atoms with Crippen molar-refractivity contribution in [2.45, 2.75) is 50.6 Å². The van der Waals surface area contributed by atoms with Gasteiger partial charge in [0.1, 0.15) is 5.01 Å². The molecule has 1 aromatic rings. The number of rotatable bonds is 3. The first-order chi connectivity index (χ1) is 7.28. The summed E-state index contributed by atoms with van der Waals surface area (Å²) in [5.74, 6) is 0.847. The van der Waals surface area contributed by atoms with E-state index in [9.17, 15) is 0 Å². The smallest absolute Gasteiger partial charge is 0.113 e. The number of aromatic nitrogens is 1. The number of hydrogen-bond donors (Lipinski definition) is 1. The third-order valence-corrected chi connectivity index (χ3v) is 4.64. The molecule has 82 valence electrons. The second-order valence-electron chi connectivity index (χ2n) is 5.19. The monoisotopic (exact) mass is 222 g/mol. The summed E-state index contributed by atoms with van der Waals surface area (Å²) in [7, 11) is 0. The van der Waals surface area contributed by atoms with Gasteiger partial charge in [-0.3, -0.25) is 0 Å². The Morgan fingerprint density at radius 3 is 2.87 bits per heavy atom. The van der Waals surface area contributed by atoms with E-state index in [0.29, 0.717) is 0 Å². The minimum atomic E-state index is 0.231. The van der Waals surface area contributed by atoms with Crippen molar-refractivity contribution in [3.63, 3.8) is 0 Å². The van der Waals surface area contributed by atoms with E-state index >= 15 is 0 Å². The molecule has 2 fully saturated rings. The molecule has 0 aromatic carbocycles. The summed E-state index contributed by atoms with van der Waals surface area (Å²) in [6.07, 6.45) is 8.57. The van der Waals surface area contributed by atoms with Crippen LogP contribution in [-0.2, 0) is 5.54 Å². The van der Waals surface area contributed by atoms with E-state index < -0.39 is 0 Å². The molecule has 0 bridgehead atoms. The molecule has 15 heavy (non-hydrogen) atoms. The SMILES string of the molecule is CC1CCC(NC2CC2)(c2nccs2)C1. The van der Waals surface area contributed by atoms with E-state index in [4.69, 9.17) is 0 Å². The molecule has 3 heteroatoms. The molecule has 2 nitrogen and oxygen atoms in total. The molecule has 2 aliphatic carbocycles. The van der Waals surface area contributed by atoms with Gasteiger partial charge in [-0.25, -0.2) is 4.98 Å². The molecule has 2 atom stereocenters. The van der Waals surface area contributed by atoms with Gasteiger partial charge in [-0.1, -0.05) is 6.92 Å². The minimum absolute atomic E-state index is 0.231. The van der Waals surface area contributed by atoms with Gasteiger partial charge in [0.2, 0.25) is 0 Å². The van der Waals surface area contributed by atoms with Crippen molar-refractivity contribution in [2.75, 3.05) is 0 Å². The molecular formula is C12H18N2S. The lowest BCUT2D eigenvalue weighted by atomic mass is 9.97. The molecule has 1 heterocycles. The fourth-order valence-electron chi connectivity index (χ4n) is 2.76. The van der Waals surface area contributed by atoms with Crippen molar-refractivity contribution in [3.05, 3.63) is 16.6 Å². The number of nitrogens with zero attached hydrogens (tertiary/aromatic N) is 1. The molecule has 0 spiro atoms. The van der Waals surface area contributed by atoms with Gasteiger partial charge in [-0.2, -0.15) is 0 Å². The van der Waals surface area contributed by atoms with Crippen molar-refractivity contribution < 1.29 is 0 Å². The first kappa shape index (κ1) is 9.79. The third-order valence-electron chi connectivity index (χ3n) is 3.66. The lowest BCUT2D eigenvalue weighted by molar-refractivity contribution is 0.326. The molecule has 3 rings (SSSR count). The Bertz CT molecular complexity index is 331. The van der Waals surface area contributed by atoms with Crippen LogP contribution in [-0.4, -0.2) is 11.0 Å². The van der Waals surface area contributed by atoms with Crippen LogP contribution >= 0.6 is 11.3 Å². The van der Waals surface area contributed by atoms with Crippen LogP contribution in [0.3, 0.4) is 0 Å². The fraction of sp³-hybridized carbons (Fsp3) is 0.750. The zero-order chi connectivity index (χ0) is 10.3. The second kappa shape index (κ2) is 3.56. The first-order valence-corrected chi connectivity index (χ1v) is 6.84. The summed E-state index contributed by atoms with van der Waals surface area (Å²) in [6.45, 7) is 2.37. The van der Waals surface area contributed by atoms with E-state index in [1.165, 1.54) is 37.1 Å². The Balaban J connectivity index is 1.86. The van der Waals surface area contributed by atoms with E-state index in [0.717, 1.165) is 12.0 Å². The highest BCUT2D eigenvalue weighted by Gasteiger charge is 2.43. The average Bonchev–Trinajstić information content (AvgIpc) is 2.74. The Hall–Kier alpha value is -0.410. The van der Waals surface area contributed by atoms with Crippen LogP contribution in [0.1, 0.15) is 44.0 Å². The summed E-state index contributed by atoms with van der Waals surface area (Å²) in [4.78, 5) is 4.54. The van der Waals surface area contributed by atoms with Gasteiger partial charge < -0.3 is 5.32 Å². The van der Waals surface area contributed by atoms with Gasteiger partial charge in [-0.05, 0) is 38.0 Å². The highest BCUT2D eigenvalue weighted by Crippen LogP contribution is 2.44. The average molecular weight is 222 g/mol. The van der Waals surface area contributed by atoms with Gasteiger partial charge in [0.15, 0.2) is 0 Å². The van der Waals surface area contributed by atoms with Gasteiger partial charge in [0, 0.05) is 17.6 Å². The van der Waals surface area contributed by atoms with Crippen LogP contribution in [0.25, 0.3) is 0 Å². The molecule has 2 aliphatic rings. The molecule has 1 N–H and O–H groups in total. The highest BCUT2D eigenvalue weighted by atomic mass is 32.1. The van der Waals surface area contributed by atoms with Crippen LogP contribution in [0.4, 0.5) is 0 Å².